The topological polar surface area (TPSA) is 67.4 Å². The normalized spacial score (nSPS) is 18.7. The van der Waals surface area contributed by atoms with Gasteiger partial charge in [-0.3, -0.25) is 9.59 Å². The monoisotopic (exact) mass is 394 g/mol. The third-order valence-electron chi connectivity index (χ3n) is 5.69. The summed E-state index contributed by atoms with van der Waals surface area (Å²) < 4.78 is 5.58. The second kappa shape index (κ2) is 9.59. The number of amides is 2. The van der Waals surface area contributed by atoms with E-state index >= 15 is 0 Å². The van der Waals surface area contributed by atoms with Crippen molar-refractivity contribution >= 4 is 23.2 Å². The molecule has 2 aromatic rings. The van der Waals surface area contributed by atoms with Crippen molar-refractivity contribution in [2.24, 2.45) is 11.8 Å². The van der Waals surface area contributed by atoms with Crippen LogP contribution in [0.5, 0.6) is 5.75 Å². The average Bonchev–Trinajstić information content (AvgIpc) is 2.72. The molecule has 0 aromatic heterocycles. The van der Waals surface area contributed by atoms with Crippen molar-refractivity contribution in [1.82, 2.24) is 0 Å². The first-order valence-electron chi connectivity index (χ1n) is 10.4. The second-order valence-corrected chi connectivity index (χ2v) is 7.76. The minimum Gasteiger partial charge on any atom is -0.492 e. The molecule has 2 aromatic carbocycles. The summed E-state index contributed by atoms with van der Waals surface area (Å²) in [7, 11) is 0. The Balaban J connectivity index is 1.52. The van der Waals surface area contributed by atoms with E-state index < -0.39 is 0 Å². The molecule has 1 fully saturated rings. The number of rotatable bonds is 6. The zero-order valence-electron chi connectivity index (χ0n) is 17.5. The predicted octanol–water partition coefficient (Wildman–Crippen LogP) is 5.09. The van der Waals surface area contributed by atoms with Crippen LogP contribution in [-0.2, 0) is 9.59 Å². The molecular formula is C24H30N2O3. The minimum atomic E-state index is -0.0737. The van der Waals surface area contributed by atoms with Crippen LogP contribution in [-0.4, -0.2) is 18.4 Å². The van der Waals surface area contributed by atoms with Gasteiger partial charge in [0.05, 0.1) is 12.3 Å². The van der Waals surface area contributed by atoms with Crippen LogP contribution in [0, 0.1) is 25.7 Å². The number of carbonyl (C=O) groups excluding carboxylic acids is 2. The third kappa shape index (κ3) is 5.37. The quantitative estimate of drug-likeness (QED) is 0.717. The summed E-state index contributed by atoms with van der Waals surface area (Å²) in [6.45, 7) is 6.56. The molecule has 3 rings (SSSR count). The smallest absolute Gasteiger partial charge is 0.227 e. The van der Waals surface area contributed by atoms with Crippen molar-refractivity contribution in [2.75, 3.05) is 17.2 Å². The number of carbonyl (C=O) groups is 2. The molecule has 154 valence electrons. The number of nitrogens with one attached hydrogen (secondary N) is 2. The first-order chi connectivity index (χ1) is 14.0. The molecule has 0 atom stereocenters. The molecule has 2 amide bonds. The Morgan fingerprint density at radius 1 is 0.897 bits per heavy atom. The van der Waals surface area contributed by atoms with Gasteiger partial charge in [-0.25, -0.2) is 0 Å². The van der Waals surface area contributed by atoms with Gasteiger partial charge in [0.15, 0.2) is 0 Å². The molecule has 0 heterocycles. The van der Waals surface area contributed by atoms with Gasteiger partial charge in [-0.2, -0.15) is 0 Å². The third-order valence-corrected chi connectivity index (χ3v) is 5.69. The molecule has 0 radical (unpaired) electrons. The molecular weight excluding hydrogens is 364 g/mol. The number of para-hydroxylation sites is 2. The van der Waals surface area contributed by atoms with Gasteiger partial charge in [-0.15, -0.1) is 0 Å². The molecule has 1 aliphatic carbocycles. The van der Waals surface area contributed by atoms with Gasteiger partial charge < -0.3 is 15.4 Å². The van der Waals surface area contributed by atoms with Crippen molar-refractivity contribution in [2.45, 2.75) is 46.5 Å². The zero-order chi connectivity index (χ0) is 20.8. The average molecular weight is 395 g/mol. The maximum atomic E-state index is 12.7. The van der Waals surface area contributed by atoms with E-state index in [0.717, 1.165) is 24.1 Å². The zero-order valence-corrected chi connectivity index (χ0v) is 17.5. The fourth-order valence-electron chi connectivity index (χ4n) is 3.77. The summed E-state index contributed by atoms with van der Waals surface area (Å²) in [5.74, 6) is 0.621. The number of anilines is 2. The van der Waals surface area contributed by atoms with Crippen LogP contribution >= 0.6 is 0 Å². The van der Waals surface area contributed by atoms with E-state index in [9.17, 15) is 9.59 Å². The maximum absolute atomic E-state index is 12.7. The first-order valence-corrected chi connectivity index (χ1v) is 10.4. The molecule has 5 nitrogen and oxygen atoms in total. The van der Waals surface area contributed by atoms with Gasteiger partial charge in [0.25, 0.3) is 0 Å². The minimum absolute atomic E-state index is 0.00479. The number of hydrogen-bond donors (Lipinski definition) is 2. The van der Waals surface area contributed by atoms with Gasteiger partial charge in [-0.1, -0.05) is 18.2 Å². The largest absolute Gasteiger partial charge is 0.492 e. The molecule has 0 unspecified atom stereocenters. The van der Waals surface area contributed by atoms with Gasteiger partial charge >= 0.3 is 0 Å². The van der Waals surface area contributed by atoms with Crippen LogP contribution in [0.25, 0.3) is 0 Å². The Bertz CT molecular complexity index is 870. The number of ether oxygens (including phenoxy) is 1. The van der Waals surface area contributed by atoms with Crippen LogP contribution in [0.4, 0.5) is 11.4 Å². The molecule has 0 spiro atoms. The van der Waals surface area contributed by atoms with Gasteiger partial charge in [-0.05, 0) is 81.8 Å². The Kier molecular flexibility index (Phi) is 6.91. The van der Waals surface area contributed by atoms with Crippen LogP contribution in [0.1, 0.15) is 43.7 Å². The van der Waals surface area contributed by atoms with Gasteiger partial charge in [0.2, 0.25) is 11.8 Å². The summed E-state index contributed by atoms with van der Waals surface area (Å²) in [5, 5.41) is 6.03. The van der Waals surface area contributed by atoms with Crippen molar-refractivity contribution in [3.05, 3.63) is 53.6 Å². The molecule has 1 aliphatic rings. The first kappa shape index (κ1) is 20.9. The van der Waals surface area contributed by atoms with Crippen LogP contribution in [0.2, 0.25) is 0 Å². The lowest BCUT2D eigenvalue weighted by molar-refractivity contribution is -0.125. The maximum Gasteiger partial charge on any atom is 0.227 e. The Morgan fingerprint density at radius 2 is 1.52 bits per heavy atom. The molecule has 0 saturated heterocycles. The van der Waals surface area contributed by atoms with E-state index in [1.165, 1.54) is 5.56 Å². The lowest BCUT2D eigenvalue weighted by Gasteiger charge is -2.27. The standard InChI is InChI=1S/C24H30N2O3/c1-4-29-22-8-6-5-7-21(22)26-24(28)19-12-10-18(11-13-19)23(27)25-20-14-9-16(2)17(3)15-20/h5-9,14-15,18-19H,4,10-13H2,1-3H3,(H,25,27)(H,26,28). The highest BCUT2D eigenvalue weighted by atomic mass is 16.5. The summed E-state index contributed by atoms with van der Waals surface area (Å²) in [5.41, 5.74) is 3.91. The molecule has 0 aliphatic heterocycles. The van der Waals surface area contributed by atoms with E-state index in [1.54, 1.807) is 0 Å². The lowest BCUT2D eigenvalue weighted by Crippen LogP contribution is -2.32. The summed E-state index contributed by atoms with van der Waals surface area (Å²) in [6.07, 6.45) is 2.88. The van der Waals surface area contributed by atoms with Gasteiger partial charge in [0, 0.05) is 17.5 Å². The Morgan fingerprint density at radius 3 is 2.14 bits per heavy atom. The molecule has 29 heavy (non-hydrogen) atoms. The van der Waals surface area contributed by atoms with Crippen LogP contribution in [0.15, 0.2) is 42.5 Å². The van der Waals surface area contributed by atoms with E-state index in [2.05, 4.69) is 17.6 Å². The molecule has 2 N–H and O–H groups in total. The fourth-order valence-corrected chi connectivity index (χ4v) is 3.77. The Hall–Kier alpha value is -2.82. The van der Waals surface area contributed by atoms with E-state index in [-0.39, 0.29) is 23.7 Å². The highest BCUT2D eigenvalue weighted by Gasteiger charge is 2.30. The van der Waals surface area contributed by atoms with Crippen molar-refractivity contribution in [1.29, 1.82) is 0 Å². The molecule has 0 bridgehead atoms. The predicted molar refractivity (Wildman–Crippen MR) is 116 cm³/mol. The van der Waals surface area contributed by atoms with E-state index in [4.69, 9.17) is 4.74 Å². The molecule has 1 saturated carbocycles. The second-order valence-electron chi connectivity index (χ2n) is 7.76. The number of benzene rings is 2. The van der Waals surface area contributed by atoms with Crippen LogP contribution < -0.4 is 15.4 Å². The Labute approximate surface area is 172 Å². The van der Waals surface area contributed by atoms with E-state index in [1.807, 2.05) is 56.3 Å². The highest BCUT2D eigenvalue weighted by Crippen LogP contribution is 2.32. The molecule has 5 heteroatoms. The summed E-state index contributed by atoms with van der Waals surface area (Å²) in [6, 6.07) is 13.4. The van der Waals surface area contributed by atoms with E-state index in [0.29, 0.717) is 30.9 Å². The van der Waals surface area contributed by atoms with Crippen molar-refractivity contribution < 1.29 is 14.3 Å². The summed E-state index contributed by atoms with van der Waals surface area (Å²) in [4.78, 5) is 25.3. The van der Waals surface area contributed by atoms with Gasteiger partial charge in [0.1, 0.15) is 5.75 Å². The SMILES string of the molecule is CCOc1ccccc1NC(=O)C1CCC(C(=O)Nc2ccc(C)c(C)c2)CC1. The highest BCUT2D eigenvalue weighted by molar-refractivity contribution is 5.95. The van der Waals surface area contributed by atoms with Crippen molar-refractivity contribution in [3.63, 3.8) is 0 Å². The fraction of sp³-hybridized carbons (Fsp3) is 0.417. The van der Waals surface area contributed by atoms with Crippen molar-refractivity contribution in [3.8, 4) is 5.75 Å². The number of hydrogen-bond acceptors (Lipinski definition) is 3. The van der Waals surface area contributed by atoms with Crippen LogP contribution in [0.3, 0.4) is 0 Å². The lowest BCUT2D eigenvalue weighted by atomic mass is 9.81. The summed E-state index contributed by atoms with van der Waals surface area (Å²) >= 11 is 0. The number of aryl methyl sites for hydroxylation is 2.